The number of amides is 3. The number of fused-ring (bicyclic) bond motifs is 1. The van der Waals surface area contributed by atoms with Gasteiger partial charge in [0, 0.05) is 48.9 Å². The summed E-state index contributed by atoms with van der Waals surface area (Å²) < 4.78 is 5.46. The predicted octanol–water partition coefficient (Wildman–Crippen LogP) is 4.46. The van der Waals surface area contributed by atoms with Gasteiger partial charge in [0.15, 0.2) is 0 Å². The summed E-state index contributed by atoms with van der Waals surface area (Å²) in [6.45, 7) is 6.80. The van der Waals surface area contributed by atoms with E-state index < -0.39 is 5.60 Å². The third kappa shape index (κ3) is 7.41. The predicted molar refractivity (Wildman–Crippen MR) is 145 cm³/mol. The average molecular weight is 508 g/mol. The first-order valence-electron chi connectivity index (χ1n) is 13.0. The molecule has 0 bridgehead atoms. The van der Waals surface area contributed by atoms with Crippen LogP contribution in [-0.2, 0) is 4.74 Å². The quantitative estimate of drug-likeness (QED) is 0.511. The van der Waals surface area contributed by atoms with Crippen LogP contribution in [0.4, 0.5) is 15.4 Å². The molecule has 2 fully saturated rings. The van der Waals surface area contributed by atoms with Gasteiger partial charge in [0.25, 0.3) is 0 Å². The lowest BCUT2D eigenvalue weighted by Crippen LogP contribution is -2.42. The van der Waals surface area contributed by atoms with Crippen molar-refractivity contribution in [3.63, 3.8) is 0 Å². The largest absolute Gasteiger partial charge is 0.444 e. The van der Waals surface area contributed by atoms with E-state index >= 15 is 0 Å². The molecule has 198 valence electrons. The number of aromatic nitrogens is 2. The van der Waals surface area contributed by atoms with E-state index in [2.05, 4.69) is 20.6 Å². The van der Waals surface area contributed by atoms with Gasteiger partial charge in [-0.1, -0.05) is 12.8 Å². The Bertz CT molecular complexity index is 1170. The molecule has 1 aliphatic carbocycles. The molecule has 10 heteroatoms. The third-order valence-corrected chi connectivity index (χ3v) is 6.52. The minimum atomic E-state index is -0.506. The van der Waals surface area contributed by atoms with Gasteiger partial charge in [0.2, 0.25) is 0 Å². The van der Waals surface area contributed by atoms with Crippen LogP contribution in [0.5, 0.6) is 0 Å². The Morgan fingerprint density at radius 1 is 1.14 bits per heavy atom. The van der Waals surface area contributed by atoms with Crippen molar-refractivity contribution in [2.75, 3.05) is 18.4 Å². The van der Waals surface area contributed by atoms with E-state index in [4.69, 9.17) is 15.5 Å². The van der Waals surface area contributed by atoms with Gasteiger partial charge in [-0.25, -0.2) is 14.6 Å². The summed E-state index contributed by atoms with van der Waals surface area (Å²) >= 11 is 0. The second kappa shape index (κ2) is 11.6. The number of rotatable bonds is 5. The lowest BCUT2D eigenvalue weighted by Gasteiger charge is -2.32. The molecule has 10 nitrogen and oxygen atoms in total. The van der Waals surface area contributed by atoms with Crippen LogP contribution in [0.3, 0.4) is 0 Å². The molecule has 2 aromatic heterocycles. The van der Waals surface area contributed by atoms with Gasteiger partial charge in [-0.2, -0.15) is 0 Å². The van der Waals surface area contributed by atoms with E-state index in [1.807, 2.05) is 32.9 Å². The van der Waals surface area contributed by atoms with Gasteiger partial charge in [-0.15, -0.1) is 0 Å². The molecule has 0 atom stereocenters. The Kier molecular flexibility index (Phi) is 8.25. The van der Waals surface area contributed by atoms with Crippen molar-refractivity contribution < 1.29 is 14.3 Å². The maximum absolute atomic E-state index is 12.3. The molecule has 3 heterocycles. The van der Waals surface area contributed by atoms with Crippen LogP contribution in [0, 0.1) is 0 Å². The average Bonchev–Trinajstić information content (AvgIpc) is 3.36. The van der Waals surface area contributed by atoms with Crippen LogP contribution in [0.25, 0.3) is 16.6 Å². The number of hydrogen-bond acceptors (Lipinski definition) is 7. The lowest BCUT2D eigenvalue weighted by molar-refractivity contribution is 0.0207. The molecule has 1 saturated carbocycles. The van der Waals surface area contributed by atoms with Crippen LogP contribution in [0.15, 0.2) is 35.6 Å². The topological polar surface area (TPSA) is 135 Å². The molecule has 1 aliphatic heterocycles. The number of allylic oxidation sites excluding steroid dienone is 1. The first-order valence-corrected chi connectivity index (χ1v) is 13.0. The van der Waals surface area contributed by atoms with Crippen LogP contribution in [0.2, 0.25) is 0 Å². The highest BCUT2D eigenvalue weighted by Gasteiger charge is 2.26. The second-order valence-electron chi connectivity index (χ2n) is 10.6. The molecule has 37 heavy (non-hydrogen) atoms. The van der Waals surface area contributed by atoms with Gasteiger partial charge in [0.1, 0.15) is 11.4 Å². The number of nitrogens with zero attached hydrogens (tertiary/aromatic N) is 4. The van der Waals surface area contributed by atoms with Crippen molar-refractivity contribution in [2.24, 2.45) is 10.7 Å². The highest BCUT2D eigenvalue weighted by atomic mass is 16.6. The molecule has 1 saturated heterocycles. The van der Waals surface area contributed by atoms with Crippen LogP contribution in [-0.4, -0.2) is 64.0 Å². The van der Waals surface area contributed by atoms with Crippen molar-refractivity contribution in [1.29, 1.82) is 0 Å². The van der Waals surface area contributed by atoms with Crippen molar-refractivity contribution >= 4 is 40.8 Å². The Morgan fingerprint density at radius 3 is 2.54 bits per heavy atom. The monoisotopic (exact) mass is 507 g/mol. The molecule has 0 radical (unpaired) electrons. The van der Waals surface area contributed by atoms with Gasteiger partial charge in [-0.05, 0) is 64.7 Å². The number of anilines is 1. The minimum Gasteiger partial charge on any atom is -0.444 e. The second-order valence-corrected chi connectivity index (χ2v) is 10.6. The molecular weight excluding hydrogens is 470 g/mol. The maximum Gasteiger partial charge on any atom is 0.410 e. The van der Waals surface area contributed by atoms with Gasteiger partial charge in [0.05, 0.1) is 17.1 Å². The van der Waals surface area contributed by atoms with Crippen molar-refractivity contribution in [2.45, 2.75) is 77.0 Å². The highest BCUT2D eigenvalue weighted by molar-refractivity contribution is 6.10. The fraction of sp³-hybridized carbons (Fsp3) is 0.519. The van der Waals surface area contributed by atoms with E-state index in [1.165, 1.54) is 6.20 Å². The van der Waals surface area contributed by atoms with Crippen molar-refractivity contribution in [1.82, 2.24) is 20.2 Å². The number of pyridine rings is 2. The Hall–Kier alpha value is -3.69. The molecule has 0 aromatic carbocycles. The molecule has 2 aromatic rings. The summed E-state index contributed by atoms with van der Waals surface area (Å²) in [5.74, 6) is 0.464. The number of nitrogens with two attached hydrogens (primary N) is 1. The summed E-state index contributed by atoms with van der Waals surface area (Å²) in [6.07, 6.45) is 10.6. The molecule has 0 spiro atoms. The molecule has 0 unspecified atom stereocenters. The molecule has 3 amide bonds. The molecule has 4 N–H and O–H groups in total. The SMILES string of the molecule is CC(C)(C)OC(=O)N1CCC(N=CC(=CN)c2cnc3ccc(NC(=O)NC4CCCC4)nc3c2)CC1. The van der Waals surface area contributed by atoms with E-state index in [0.717, 1.165) is 49.7 Å². The number of ether oxygens (including phenoxy) is 1. The number of nitrogens with one attached hydrogen (secondary N) is 2. The molecule has 2 aliphatic rings. The van der Waals surface area contributed by atoms with Gasteiger partial charge < -0.3 is 20.7 Å². The zero-order valence-corrected chi connectivity index (χ0v) is 21.9. The van der Waals surface area contributed by atoms with E-state index in [9.17, 15) is 9.59 Å². The lowest BCUT2D eigenvalue weighted by atomic mass is 10.1. The summed E-state index contributed by atoms with van der Waals surface area (Å²) in [5.41, 5.74) is 8.29. The number of carbonyl (C=O) groups excluding carboxylic acids is 2. The summed E-state index contributed by atoms with van der Waals surface area (Å²) in [6, 6.07) is 5.54. The number of carbonyl (C=O) groups is 2. The van der Waals surface area contributed by atoms with E-state index in [1.54, 1.807) is 23.4 Å². The van der Waals surface area contributed by atoms with Crippen LogP contribution < -0.4 is 16.4 Å². The first-order chi connectivity index (χ1) is 17.7. The fourth-order valence-electron chi connectivity index (χ4n) is 4.57. The van der Waals surface area contributed by atoms with E-state index in [-0.39, 0.29) is 24.2 Å². The third-order valence-electron chi connectivity index (χ3n) is 6.52. The van der Waals surface area contributed by atoms with Gasteiger partial charge in [-0.3, -0.25) is 15.3 Å². The van der Waals surface area contributed by atoms with E-state index in [0.29, 0.717) is 29.9 Å². The Morgan fingerprint density at radius 2 is 1.86 bits per heavy atom. The van der Waals surface area contributed by atoms with Crippen molar-refractivity contribution in [3.05, 3.63) is 36.2 Å². The van der Waals surface area contributed by atoms with Crippen molar-refractivity contribution in [3.8, 4) is 0 Å². The number of piperidine rings is 1. The smallest absolute Gasteiger partial charge is 0.410 e. The fourth-order valence-corrected chi connectivity index (χ4v) is 4.57. The summed E-state index contributed by atoms with van der Waals surface area (Å²) in [4.78, 5) is 40.1. The number of aliphatic imine (C=N–C) groups is 1. The molecular formula is C27H37N7O3. The zero-order chi connectivity index (χ0) is 26.4. The normalized spacial score (nSPS) is 17.9. The maximum atomic E-state index is 12.3. The number of urea groups is 1. The summed E-state index contributed by atoms with van der Waals surface area (Å²) in [7, 11) is 0. The van der Waals surface area contributed by atoms with Gasteiger partial charge >= 0.3 is 12.1 Å². The standard InChI is InChI=1S/C27H37N7O3/c1-27(2,3)37-26(36)34-12-10-20(11-13-34)29-17-19(15-28)18-14-23-22(30-16-18)8-9-24(32-23)33-25(35)31-21-6-4-5-7-21/h8-9,14-17,20-21H,4-7,10-13,28H2,1-3H3,(H2,31,32,33,35). The van der Waals surface area contributed by atoms with Crippen LogP contribution in [0.1, 0.15) is 64.9 Å². The highest BCUT2D eigenvalue weighted by Crippen LogP contribution is 2.21. The Balaban J connectivity index is 1.37. The molecule has 4 rings (SSSR count). The number of likely N-dealkylation sites (tertiary alicyclic amines) is 1. The zero-order valence-electron chi connectivity index (χ0n) is 21.9. The first kappa shape index (κ1) is 26.4. The van der Waals surface area contributed by atoms with Crippen LogP contribution >= 0.6 is 0 Å². The Labute approximate surface area is 217 Å². The number of hydrogen-bond donors (Lipinski definition) is 3. The minimum absolute atomic E-state index is 0.0920. The summed E-state index contributed by atoms with van der Waals surface area (Å²) in [5, 5.41) is 5.83.